The van der Waals surface area contributed by atoms with Crippen LogP contribution in [0, 0.1) is 6.92 Å². The molecule has 2 aromatic heterocycles. The van der Waals surface area contributed by atoms with Crippen LogP contribution in [-0.2, 0) is 11.3 Å². The van der Waals surface area contributed by atoms with E-state index < -0.39 is 11.5 Å². The van der Waals surface area contributed by atoms with Crippen molar-refractivity contribution in [1.82, 2.24) is 19.4 Å². The Labute approximate surface area is 187 Å². The Bertz CT molecular complexity index is 1550. The molecule has 7 nitrogen and oxygen atoms in total. The second-order valence-corrected chi connectivity index (χ2v) is 7.92. The number of aryl methyl sites for hydroxylation is 1. The average Bonchev–Trinajstić information content (AvgIpc) is 3.22. The highest BCUT2D eigenvalue weighted by molar-refractivity contribution is 6.33. The van der Waals surface area contributed by atoms with Crippen molar-refractivity contribution < 1.29 is 4.79 Å². The first-order valence-corrected chi connectivity index (χ1v) is 10.4. The van der Waals surface area contributed by atoms with Crippen LogP contribution >= 0.6 is 11.6 Å². The van der Waals surface area contributed by atoms with Crippen molar-refractivity contribution in [2.75, 3.05) is 5.32 Å². The van der Waals surface area contributed by atoms with Gasteiger partial charge in [0.2, 0.25) is 5.91 Å². The third-order valence-electron chi connectivity index (χ3n) is 5.25. The number of nitrogens with one attached hydrogen (secondary N) is 1. The number of halogens is 1. The van der Waals surface area contributed by atoms with Crippen LogP contribution in [-0.4, -0.2) is 25.3 Å². The van der Waals surface area contributed by atoms with E-state index in [1.165, 1.54) is 10.8 Å². The highest BCUT2D eigenvalue weighted by Crippen LogP contribution is 2.28. The summed E-state index contributed by atoms with van der Waals surface area (Å²) in [6, 6.07) is 21.0. The monoisotopic (exact) mass is 443 g/mol. The lowest BCUT2D eigenvalue weighted by Crippen LogP contribution is -2.30. The Hall–Kier alpha value is -3.97. The molecule has 0 aliphatic carbocycles. The van der Waals surface area contributed by atoms with Crippen LogP contribution in [0.2, 0.25) is 5.02 Å². The maximum absolute atomic E-state index is 13.0. The van der Waals surface area contributed by atoms with Gasteiger partial charge < -0.3 is 5.32 Å². The van der Waals surface area contributed by atoms with Gasteiger partial charge in [-0.15, -0.1) is 0 Å². The normalized spacial score (nSPS) is 11.2. The van der Waals surface area contributed by atoms with E-state index in [1.54, 1.807) is 18.2 Å². The second-order valence-electron chi connectivity index (χ2n) is 7.51. The van der Waals surface area contributed by atoms with Crippen LogP contribution < -0.4 is 10.9 Å². The fourth-order valence-electron chi connectivity index (χ4n) is 3.68. The predicted octanol–water partition coefficient (Wildman–Crippen LogP) is 4.31. The number of fused-ring (bicyclic) bond motifs is 2. The lowest BCUT2D eigenvalue weighted by Gasteiger charge is -2.08. The number of carbonyl (C=O) groups is 1. The first-order chi connectivity index (χ1) is 15.5. The largest absolute Gasteiger partial charge is 0.323 e. The van der Waals surface area contributed by atoms with Gasteiger partial charge in [0, 0.05) is 5.56 Å². The molecule has 158 valence electrons. The van der Waals surface area contributed by atoms with Crippen molar-refractivity contribution in [3.8, 4) is 11.3 Å². The van der Waals surface area contributed by atoms with Crippen LogP contribution in [0.3, 0.4) is 0 Å². The van der Waals surface area contributed by atoms with E-state index in [1.807, 2.05) is 55.5 Å². The Balaban J connectivity index is 1.47. The van der Waals surface area contributed by atoms with Crippen LogP contribution in [0.25, 0.3) is 27.5 Å². The van der Waals surface area contributed by atoms with Crippen molar-refractivity contribution in [3.63, 3.8) is 0 Å². The molecule has 0 atom stereocenters. The number of hydrogen-bond acceptors (Lipinski definition) is 4. The molecule has 0 saturated carbocycles. The molecule has 0 spiro atoms. The number of amides is 1. The molecule has 0 aliphatic rings. The molecule has 1 N–H and O–H groups in total. The van der Waals surface area contributed by atoms with E-state index >= 15 is 0 Å². The Morgan fingerprint density at radius 3 is 2.72 bits per heavy atom. The summed E-state index contributed by atoms with van der Waals surface area (Å²) in [6.45, 7) is 1.67. The topological polar surface area (TPSA) is 81.3 Å². The molecule has 0 saturated heterocycles. The van der Waals surface area contributed by atoms with Gasteiger partial charge in [-0.3, -0.25) is 9.59 Å². The molecule has 1 amide bonds. The van der Waals surface area contributed by atoms with E-state index in [-0.39, 0.29) is 6.54 Å². The van der Waals surface area contributed by atoms with Crippen LogP contribution in [0.1, 0.15) is 5.56 Å². The number of rotatable bonds is 4. The zero-order valence-electron chi connectivity index (χ0n) is 17.1. The smallest absolute Gasteiger partial charge is 0.293 e. The van der Waals surface area contributed by atoms with Gasteiger partial charge in [0.25, 0.3) is 5.56 Å². The lowest BCUT2D eigenvalue weighted by atomic mass is 10.0. The lowest BCUT2D eigenvalue weighted by molar-refractivity contribution is -0.117. The molecule has 0 fully saturated rings. The third kappa shape index (κ3) is 3.63. The quantitative estimate of drug-likeness (QED) is 0.448. The zero-order valence-corrected chi connectivity index (χ0v) is 17.9. The first kappa shape index (κ1) is 20.0. The summed E-state index contributed by atoms with van der Waals surface area (Å²) in [6.07, 6.45) is 1.43. The maximum Gasteiger partial charge on any atom is 0.293 e. The minimum Gasteiger partial charge on any atom is -0.323 e. The van der Waals surface area contributed by atoms with E-state index in [2.05, 4.69) is 15.5 Å². The summed E-state index contributed by atoms with van der Waals surface area (Å²) < 4.78 is 2.55. The summed E-state index contributed by atoms with van der Waals surface area (Å²) >= 11 is 6.18. The molecule has 32 heavy (non-hydrogen) atoms. The van der Waals surface area contributed by atoms with Gasteiger partial charge in [0.05, 0.1) is 16.4 Å². The summed E-state index contributed by atoms with van der Waals surface area (Å²) in [7, 11) is 0. The van der Waals surface area contributed by atoms with Gasteiger partial charge in [-0.05, 0) is 41.5 Å². The number of aromatic nitrogens is 4. The minimum absolute atomic E-state index is 0.242. The summed E-state index contributed by atoms with van der Waals surface area (Å²) in [5.41, 5.74) is 2.98. The summed E-state index contributed by atoms with van der Waals surface area (Å²) in [5, 5.41) is 13.9. The number of benzene rings is 3. The SMILES string of the molecule is Cc1ccc(NC(=O)Cn2ncn3nc(-c4cccc5ccccc45)cc3c2=O)c(Cl)c1. The molecule has 5 aromatic rings. The van der Waals surface area contributed by atoms with Crippen molar-refractivity contribution in [3.05, 3.63) is 94.0 Å². The van der Waals surface area contributed by atoms with E-state index in [0.29, 0.717) is 21.9 Å². The third-order valence-corrected chi connectivity index (χ3v) is 5.56. The number of hydrogen-bond donors (Lipinski definition) is 1. The summed E-state index contributed by atoms with van der Waals surface area (Å²) in [4.78, 5) is 25.5. The molecular weight excluding hydrogens is 426 g/mol. The molecule has 8 heteroatoms. The van der Waals surface area contributed by atoms with Crippen molar-refractivity contribution >= 4 is 39.5 Å². The Morgan fingerprint density at radius 2 is 1.88 bits per heavy atom. The molecule has 5 rings (SSSR count). The maximum atomic E-state index is 13.0. The molecule has 0 radical (unpaired) electrons. The summed E-state index contributed by atoms with van der Waals surface area (Å²) in [5.74, 6) is -0.400. The second kappa shape index (κ2) is 7.94. The highest BCUT2D eigenvalue weighted by atomic mass is 35.5. The molecule has 3 aromatic carbocycles. The van der Waals surface area contributed by atoms with Crippen molar-refractivity contribution in [2.45, 2.75) is 13.5 Å². The van der Waals surface area contributed by atoms with E-state index in [9.17, 15) is 9.59 Å². The van der Waals surface area contributed by atoms with Crippen molar-refractivity contribution in [1.29, 1.82) is 0 Å². The van der Waals surface area contributed by atoms with Gasteiger partial charge in [-0.2, -0.15) is 10.2 Å². The van der Waals surface area contributed by atoms with Gasteiger partial charge in [-0.25, -0.2) is 9.20 Å². The fourth-order valence-corrected chi connectivity index (χ4v) is 3.96. The molecular formula is C24H18ClN5O2. The van der Waals surface area contributed by atoms with Gasteiger partial charge in [0.15, 0.2) is 0 Å². The van der Waals surface area contributed by atoms with Crippen LogP contribution in [0.5, 0.6) is 0 Å². The predicted molar refractivity (Wildman–Crippen MR) is 125 cm³/mol. The van der Waals surface area contributed by atoms with Gasteiger partial charge >= 0.3 is 0 Å². The Kier molecular flexibility index (Phi) is 4.95. The fraction of sp³-hybridized carbons (Fsp3) is 0.0833. The number of anilines is 1. The minimum atomic E-state index is -0.406. The zero-order chi connectivity index (χ0) is 22.2. The van der Waals surface area contributed by atoms with Gasteiger partial charge in [0.1, 0.15) is 18.4 Å². The molecule has 0 aliphatic heterocycles. The van der Waals surface area contributed by atoms with Crippen molar-refractivity contribution in [2.24, 2.45) is 0 Å². The van der Waals surface area contributed by atoms with Crippen LogP contribution in [0.15, 0.2) is 77.9 Å². The average molecular weight is 444 g/mol. The number of nitrogens with zero attached hydrogens (tertiary/aromatic N) is 4. The molecule has 0 unspecified atom stereocenters. The van der Waals surface area contributed by atoms with E-state index in [4.69, 9.17) is 11.6 Å². The van der Waals surface area contributed by atoms with Gasteiger partial charge in [-0.1, -0.05) is 60.1 Å². The number of carbonyl (C=O) groups excluding carboxylic acids is 1. The Morgan fingerprint density at radius 1 is 1.06 bits per heavy atom. The standard InChI is InChI=1S/C24H18ClN5O2/c1-15-9-10-20(19(25)11-15)27-23(31)13-29-24(32)22-12-21(28-30(22)14-26-29)18-8-4-6-16-5-2-3-7-17(16)18/h2-12,14H,13H2,1H3,(H,27,31). The highest BCUT2D eigenvalue weighted by Gasteiger charge is 2.14. The molecule has 2 heterocycles. The van der Waals surface area contributed by atoms with Crippen LogP contribution in [0.4, 0.5) is 5.69 Å². The first-order valence-electron chi connectivity index (χ1n) is 9.99. The van der Waals surface area contributed by atoms with E-state index in [0.717, 1.165) is 26.6 Å². The molecule has 0 bridgehead atoms.